The lowest BCUT2D eigenvalue weighted by molar-refractivity contribution is 0.0787. The van der Waals surface area contributed by atoms with Gasteiger partial charge in [-0.25, -0.2) is 0 Å². The molecule has 5 nitrogen and oxygen atoms in total. The molecule has 24 heavy (non-hydrogen) atoms. The first-order valence-corrected chi connectivity index (χ1v) is 8.59. The maximum absolute atomic E-state index is 12.4. The number of hydrogen-bond acceptors (Lipinski definition) is 3. The molecule has 0 atom stereocenters. The minimum absolute atomic E-state index is 0.180. The van der Waals surface area contributed by atoms with E-state index in [0.29, 0.717) is 17.8 Å². The number of rotatable bonds is 6. The van der Waals surface area contributed by atoms with E-state index < -0.39 is 0 Å². The largest absolute Gasteiger partial charge is 0.340 e. The summed E-state index contributed by atoms with van der Waals surface area (Å²) in [6.45, 7) is 2.74. The number of pyridine rings is 1. The van der Waals surface area contributed by atoms with Crippen molar-refractivity contribution < 1.29 is 9.59 Å². The average Bonchev–Trinajstić information content (AvgIpc) is 2.59. The summed E-state index contributed by atoms with van der Waals surface area (Å²) in [4.78, 5) is 30.4. The molecule has 126 valence electrons. The second-order valence-electron chi connectivity index (χ2n) is 5.47. The third-order valence-corrected chi connectivity index (χ3v) is 4.01. The molecule has 0 saturated heterocycles. The third kappa shape index (κ3) is 4.89. The topological polar surface area (TPSA) is 62.3 Å². The molecule has 0 radical (unpaired) electrons. The molecule has 0 spiro atoms. The van der Waals surface area contributed by atoms with Crippen LogP contribution in [0.3, 0.4) is 0 Å². The van der Waals surface area contributed by atoms with Gasteiger partial charge in [-0.15, -0.1) is 0 Å². The van der Waals surface area contributed by atoms with Crippen molar-refractivity contribution in [2.45, 2.75) is 19.8 Å². The van der Waals surface area contributed by atoms with Crippen molar-refractivity contribution in [1.82, 2.24) is 9.88 Å². The minimum Gasteiger partial charge on any atom is -0.340 e. The fourth-order valence-corrected chi connectivity index (χ4v) is 2.55. The Labute approximate surface area is 150 Å². The lowest BCUT2D eigenvalue weighted by Gasteiger charge is -2.16. The van der Waals surface area contributed by atoms with Crippen molar-refractivity contribution in [2.75, 3.05) is 18.9 Å². The number of amides is 2. The van der Waals surface area contributed by atoms with Crippen LogP contribution in [0.5, 0.6) is 0 Å². The summed E-state index contributed by atoms with van der Waals surface area (Å²) in [5, 5.41) is 2.81. The Morgan fingerprint density at radius 2 is 2.04 bits per heavy atom. The van der Waals surface area contributed by atoms with E-state index in [2.05, 4.69) is 33.2 Å². The highest BCUT2D eigenvalue weighted by atomic mass is 79.9. The molecular formula is C18H20BrN3O2. The van der Waals surface area contributed by atoms with Gasteiger partial charge in [-0.1, -0.05) is 35.3 Å². The number of hydrogen-bond donors (Lipinski definition) is 1. The summed E-state index contributed by atoms with van der Waals surface area (Å²) in [7, 11) is 1.74. The molecular weight excluding hydrogens is 370 g/mol. The first-order valence-electron chi connectivity index (χ1n) is 7.79. The Kier molecular flexibility index (Phi) is 6.49. The Bertz CT molecular complexity index is 734. The van der Waals surface area contributed by atoms with E-state index in [-0.39, 0.29) is 17.5 Å². The molecule has 2 amide bonds. The van der Waals surface area contributed by atoms with Crippen LogP contribution in [0.2, 0.25) is 0 Å². The van der Waals surface area contributed by atoms with Gasteiger partial charge >= 0.3 is 0 Å². The molecule has 1 N–H and O–H groups in total. The minimum atomic E-state index is -0.277. The number of unbranched alkanes of at least 4 members (excludes halogenated alkanes) is 1. The highest BCUT2D eigenvalue weighted by molar-refractivity contribution is 9.10. The number of halogens is 1. The normalized spacial score (nSPS) is 10.3. The van der Waals surface area contributed by atoms with Crippen molar-refractivity contribution in [1.29, 1.82) is 0 Å². The van der Waals surface area contributed by atoms with E-state index >= 15 is 0 Å². The van der Waals surface area contributed by atoms with Gasteiger partial charge in [-0.05, 0) is 36.8 Å². The predicted molar refractivity (Wildman–Crippen MR) is 98.2 cm³/mol. The van der Waals surface area contributed by atoms with Gasteiger partial charge in [0.25, 0.3) is 11.8 Å². The molecule has 1 aromatic heterocycles. The number of benzene rings is 1. The molecule has 2 rings (SSSR count). The number of anilines is 1. The van der Waals surface area contributed by atoms with Crippen LogP contribution < -0.4 is 5.32 Å². The standard InChI is InChI=1S/C18H20BrN3O2/c1-3-4-10-22(2)18(24)16-11-13(8-9-20-16)17(23)21-15-7-5-6-14(19)12-15/h5-9,11-12H,3-4,10H2,1-2H3,(H,21,23). The highest BCUT2D eigenvalue weighted by Crippen LogP contribution is 2.16. The molecule has 0 aliphatic carbocycles. The Balaban J connectivity index is 2.11. The second kappa shape index (κ2) is 8.59. The maximum Gasteiger partial charge on any atom is 0.272 e. The fraction of sp³-hybridized carbons (Fsp3) is 0.278. The van der Waals surface area contributed by atoms with Crippen LogP contribution in [0, 0.1) is 0 Å². The molecule has 0 aliphatic heterocycles. The van der Waals surface area contributed by atoms with Gasteiger partial charge in [-0.3, -0.25) is 14.6 Å². The van der Waals surface area contributed by atoms with E-state index in [1.807, 2.05) is 18.2 Å². The first-order chi connectivity index (χ1) is 11.5. The Hall–Kier alpha value is -2.21. The van der Waals surface area contributed by atoms with Crippen LogP contribution in [0.25, 0.3) is 0 Å². The van der Waals surface area contributed by atoms with Gasteiger partial charge in [0.1, 0.15) is 5.69 Å². The van der Waals surface area contributed by atoms with Crippen LogP contribution in [0.4, 0.5) is 5.69 Å². The molecule has 0 bridgehead atoms. The zero-order valence-electron chi connectivity index (χ0n) is 13.8. The van der Waals surface area contributed by atoms with Gasteiger partial charge < -0.3 is 10.2 Å². The zero-order valence-corrected chi connectivity index (χ0v) is 15.3. The monoisotopic (exact) mass is 389 g/mol. The molecule has 1 aromatic carbocycles. The molecule has 2 aromatic rings. The van der Waals surface area contributed by atoms with Crippen molar-refractivity contribution in [3.8, 4) is 0 Å². The van der Waals surface area contributed by atoms with Crippen LogP contribution >= 0.6 is 15.9 Å². The summed E-state index contributed by atoms with van der Waals surface area (Å²) in [6.07, 6.45) is 3.43. The fourth-order valence-electron chi connectivity index (χ4n) is 2.15. The molecule has 6 heteroatoms. The van der Waals surface area contributed by atoms with E-state index in [9.17, 15) is 9.59 Å². The summed E-state index contributed by atoms with van der Waals surface area (Å²) in [6, 6.07) is 10.4. The number of aromatic nitrogens is 1. The Morgan fingerprint density at radius 3 is 2.75 bits per heavy atom. The Morgan fingerprint density at radius 1 is 1.25 bits per heavy atom. The lowest BCUT2D eigenvalue weighted by Crippen LogP contribution is -2.28. The van der Waals surface area contributed by atoms with Gasteiger partial charge in [0.05, 0.1) is 0 Å². The molecule has 0 fully saturated rings. The summed E-state index contributed by atoms with van der Waals surface area (Å²) in [5.41, 5.74) is 1.35. The maximum atomic E-state index is 12.4. The number of carbonyl (C=O) groups is 2. The van der Waals surface area contributed by atoms with Crippen molar-refractivity contribution in [3.05, 3.63) is 58.3 Å². The summed E-state index contributed by atoms with van der Waals surface area (Å²) < 4.78 is 0.878. The quantitative estimate of drug-likeness (QED) is 0.812. The van der Waals surface area contributed by atoms with E-state index in [1.54, 1.807) is 24.1 Å². The number of nitrogens with zero attached hydrogens (tertiary/aromatic N) is 2. The second-order valence-corrected chi connectivity index (χ2v) is 6.39. The van der Waals surface area contributed by atoms with E-state index in [0.717, 1.165) is 17.3 Å². The molecule has 0 saturated carbocycles. The predicted octanol–water partition coefficient (Wildman–Crippen LogP) is 3.97. The summed E-state index contributed by atoms with van der Waals surface area (Å²) in [5.74, 6) is -0.457. The lowest BCUT2D eigenvalue weighted by atomic mass is 10.2. The van der Waals surface area contributed by atoms with Gasteiger partial charge in [0.2, 0.25) is 0 Å². The number of carbonyl (C=O) groups excluding carboxylic acids is 2. The van der Waals surface area contributed by atoms with Gasteiger partial charge in [0.15, 0.2) is 0 Å². The number of nitrogens with one attached hydrogen (secondary N) is 1. The van der Waals surface area contributed by atoms with Crippen molar-refractivity contribution in [2.24, 2.45) is 0 Å². The van der Waals surface area contributed by atoms with Crippen LogP contribution in [-0.4, -0.2) is 35.3 Å². The SMILES string of the molecule is CCCCN(C)C(=O)c1cc(C(=O)Nc2cccc(Br)c2)ccn1. The zero-order chi connectivity index (χ0) is 17.5. The molecule has 0 aliphatic rings. The average molecular weight is 390 g/mol. The van der Waals surface area contributed by atoms with E-state index in [4.69, 9.17) is 0 Å². The molecule has 1 heterocycles. The summed E-state index contributed by atoms with van der Waals surface area (Å²) >= 11 is 3.36. The van der Waals surface area contributed by atoms with Crippen LogP contribution in [0.15, 0.2) is 47.1 Å². The van der Waals surface area contributed by atoms with Gasteiger partial charge in [0, 0.05) is 35.5 Å². The first kappa shape index (κ1) is 18.1. The smallest absolute Gasteiger partial charge is 0.272 e. The highest BCUT2D eigenvalue weighted by Gasteiger charge is 2.15. The van der Waals surface area contributed by atoms with Crippen molar-refractivity contribution >= 4 is 33.4 Å². The molecule has 0 unspecified atom stereocenters. The van der Waals surface area contributed by atoms with Crippen LogP contribution in [-0.2, 0) is 0 Å². The van der Waals surface area contributed by atoms with Gasteiger partial charge in [-0.2, -0.15) is 0 Å². The van der Waals surface area contributed by atoms with E-state index in [1.165, 1.54) is 12.3 Å². The van der Waals surface area contributed by atoms with Crippen molar-refractivity contribution in [3.63, 3.8) is 0 Å². The third-order valence-electron chi connectivity index (χ3n) is 3.52. The van der Waals surface area contributed by atoms with Crippen LogP contribution in [0.1, 0.15) is 40.6 Å².